The Kier molecular flexibility index (Phi) is 6.45. The Balaban J connectivity index is 1.54. The van der Waals surface area contributed by atoms with Crippen molar-refractivity contribution >= 4 is 11.8 Å². The Morgan fingerprint density at radius 2 is 1.67 bits per heavy atom. The van der Waals surface area contributed by atoms with Crippen LogP contribution in [-0.2, 0) is 4.79 Å². The van der Waals surface area contributed by atoms with Crippen molar-refractivity contribution in [3.63, 3.8) is 0 Å². The molecular weight excluding hydrogens is 374 g/mol. The SMILES string of the molecule is Cc1ccc(C(=O)N2CCCC3CCCCC32)c(C2CCN(C(=O)C(C)C)CC2)n1. The van der Waals surface area contributed by atoms with Gasteiger partial charge in [0.25, 0.3) is 5.91 Å². The number of aromatic nitrogens is 1. The van der Waals surface area contributed by atoms with Crippen LogP contribution in [0.15, 0.2) is 12.1 Å². The van der Waals surface area contributed by atoms with Crippen molar-refractivity contribution in [3.05, 3.63) is 29.1 Å². The number of amides is 2. The lowest BCUT2D eigenvalue weighted by Crippen LogP contribution is -2.50. The van der Waals surface area contributed by atoms with Gasteiger partial charge in [0.2, 0.25) is 5.91 Å². The molecule has 5 nitrogen and oxygen atoms in total. The molecule has 0 spiro atoms. The van der Waals surface area contributed by atoms with E-state index in [-0.39, 0.29) is 23.7 Å². The first-order valence-electron chi connectivity index (χ1n) is 12.0. The minimum Gasteiger partial charge on any atom is -0.342 e. The molecule has 0 bridgehead atoms. The first-order chi connectivity index (χ1) is 14.5. The first-order valence-corrected chi connectivity index (χ1v) is 12.0. The number of carbonyl (C=O) groups is 2. The Morgan fingerprint density at radius 1 is 0.967 bits per heavy atom. The number of nitrogens with zero attached hydrogens (tertiary/aromatic N) is 3. The molecule has 0 radical (unpaired) electrons. The maximum atomic E-state index is 13.7. The quantitative estimate of drug-likeness (QED) is 0.733. The van der Waals surface area contributed by atoms with Crippen molar-refractivity contribution < 1.29 is 9.59 Å². The third-order valence-electron chi connectivity index (χ3n) is 7.49. The summed E-state index contributed by atoms with van der Waals surface area (Å²) in [7, 11) is 0. The molecule has 1 aromatic rings. The molecule has 2 aliphatic heterocycles. The molecule has 1 aliphatic carbocycles. The van der Waals surface area contributed by atoms with Crippen LogP contribution < -0.4 is 0 Å². The standard InChI is InChI=1S/C25H37N3O2/c1-17(2)24(29)27-15-12-20(13-16-27)23-21(11-10-18(3)26-23)25(30)28-14-6-8-19-7-4-5-9-22(19)28/h10-11,17,19-20,22H,4-9,12-16H2,1-3H3. The van der Waals surface area contributed by atoms with E-state index in [0.717, 1.165) is 62.3 Å². The predicted octanol–water partition coefficient (Wildman–Crippen LogP) is 4.55. The van der Waals surface area contributed by atoms with Crippen LogP contribution in [0.4, 0.5) is 0 Å². The van der Waals surface area contributed by atoms with E-state index in [0.29, 0.717) is 12.0 Å². The van der Waals surface area contributed by atoms with Crippen molar-refractivity contribution in [2.24, 2.45) is 11.8 Å². The molecule has 3 aliphatic rings. The van der Waals surface area contributed by atoms with E-state index in [1.807, 2.05) is 37.8 Å². The average Bonchev–Trinajstić information content (AvgIpc) is 2.77. The number of fused-ring (bicyclic) bond motifs is 1. The summed E-state index contributed by atoms with van der Waals surface area (Å²) in [6.45, 7) is 8.34. The lowest BCUT2D eigenvalue weighted by molar-refractivity contribution is -0.135. The Hall–Kier alpha value is -1.91. The van der Waals surface area contributed by atoms with Crippen molar-refractivity contribution in [1.82, 2.24) is 14.8 Å². The third-order valence-corrected chi connectivity index (χ3v) is 7.49. The molecule has 2 unspecified atom stereocenters. The number of rotatable bonds is 3. The van der Waals surface area contributed by atoms with Gasteiger partial charge in [-0.1, -0.05) is 26.7 Å². The summed E-state index contributed by atoms with van der Waals surface area (Å²) in [5.74, 6) is 1.40. The maximum absolute atomic E-state index is 13.7. The molecule has 0 N–H and O–H groups in total. The number of piperidine rings is 2. The number of carbonyl (C=O) groups excluding carboxylic acids is 2. The monoisotopic (exact) mass is 411 g/mol. The molecule has 30 heavy (non-hydrogen) atoms. The van der Waals surface area contributed by atoms with Crippen molar-refractivity contribution in [2.45, 2.75) is 84.1 Å². The normalized spacial score (nSPS) is 25.3. The average molecular weight is 412 g/mol. The molecule has 1 aromatic heterocycles. The zero-order valence-electron chi connectivity index (χ0n) is 18.9. The Morgan fingerprint density at radius 3 is 2.40 bits per heavy atom. The molecule has 3 fully saturated rings. The van der Waals surface area contributed by atoms with Crippen LogP contribution in [0.3, 0.4) is 0 Å². The van der Waals surface area contributed by atoms with Crippen LogP contribution in [-0.4, -0.2) is 52.3 Å². The number of likely N-dealkylation sites (tertiary alicyclic amines) is 2. The predicted molar refractivity (Wildman–Crippen MR) is 118 cm³/mol. The molecule has 2 saturated heterocycles. The van der Waals surface area contributed by atoms with Gasteiger partial charge in [0, 0.05) is 43.2 Å². The van der Waals surface area contributed by atoms with Crippen LogP contribution in [0.1, 0.15) is 92.9 Å². The molecule has 0 aromatic carbocycles. The fourth-order valence-corrected chi connectivity index (χ4v) is 5.84. The van der Waals surface area contributed by atoms with Gasteiger partial charge in [-0.25, -0.2) is 0 Å². The number of pyridine rings is 1. The summed E-state index contributed by atoms with van der Waals surface area (Å²) >= 11 is 0. The van der Waals surface area contributed by atoms with Gasteiger partial charge in [-0.2, -0.15) is 0 Å². The van der Waals surface area contributed by atoms with Crippen molar-refractivity contribution in [3.8, 4) is 0 Å². The zero-order valence-corrected chi connectivity index (χ0v) is 18.9. The van der Waals surface area contributed by atoms with Gasteiger partial charge in [0.05, 0.1) is 11.3 Å². The molecule has 5 heteroatoms. The third kappa shape index (κ3) is 4.26. The van der Waals surface area contributed by atoms with Gasteiger partial charge in [-0.05, 0) is 63.5 Å². The Bertz CT molecular complexity index is 781. The fraction of sp³-hybridized carbons (Fsp3) is 0.720. The summed E-state index contributed by atoms with van der Waals surface area (Å²) in [4.78, 5) is 35.1. The van der Waals surface area contributed by atoms with Crippen LogP contribution in [0, 0.1) is 18.8 Å². The van der Waals surface area contributed by atoms with E-state index >= 15 is 0 Å². The van der Waals surface area contributed by atoms with Crippen LogP contribution in [0.2, 0.25) is 0 Å². The lowest BCUT2D eigenvalue weighted by atomic mass is 9.78. The highest BCUT2D eigenvalue weighted by molar-refractivity contribution is 5.95. The molecule has 2 atom stereocenters. The highest BCUT2D eigenvalue weighted by Crippen LogP contribution is 2.37. The second-order valence-corrected chi connectivity index (χ2v) is 9.89. The van der Waals surface area contributed by atoms with E-state index in [9.17, 15) is 9.59 Å². The molecule has 1 saturated carbocycles. The zero-order chi connectivity index (χ0) is 21.3. The van der Waals surface area contributed by atoms with Crippen LogP contribution in [0.25, 0.3) is 0 Å². The number of hydrogen-bond acceptors (Lipinski definition) is 3. The smallest absolute Gasteiger partial charge is 0.255 e. The maximum Gasteiger partial charge on any atom is 0.255 e. The van der Waals surface area contributed by atoms with Gasteiger partial charge in [0.15, 0.2) is 0 Å². The molecule has 164 valence electrons. The van der Waals surface area contributed by atoms with Gasteiger partial charge in [0.1, 0.15) is 0 Å². The van der Waals surface area contributed by atoms with Gasteiger partial charge >= 0.3 is 0 Å². The molecular formula is C25H37N3O2. The summed E-state index contributed by atoms with van der Waals surface area (Å²) in [6, 6.07) is 4.41. The lowest BCUT2D eigenvalue weighted by Gasteiger charge is -2.44. The minimum atomic E-state index is 0.0401. The first kappa shape index (κ1) is 21.3. The molecule has 4 rings (SSSR count). The van der Waals surface area contributed by atoms with Crippen LogP contribution >= 0.6 is 0 Å². The highest BCUT2D eigenvalue weighted by Gasteiger charge is 2.37. The second-order valence-electron chi connectivity index (χ2n) is 9.89. The van der Waals surface area contributed by atoms with E-state index in [1.165, 1.54) is 25.7 Å². The summed E-state index contributed by atoms with van der Waals surface area (Å²) in [5, 5.41) is 0. The van der Waals surface area contributed by atoms with Gasteiger partial charge in [-0.15, -0.1) is 0 Å². The molecule has 3 heterocycles. The van der Waals surface area contributed by atoms with Gasteiger partial charge in [-0.3, -0.25) is 14.6 Å². The summed E-state index contributed by atoms with van der Waals surface area (Å²) in [6.07, 6.45) is 9.16. The topological polar surface area (TPSA) is 53.5 Å². The number of hydrogen-bond donors (Lipinski definition) is 0. The highest BCUT2D eigenvalue weighted by atomic mass is 16.2. The van der Waals surface area contributed by atoms with Crippen molar-refractivity contribution in [1.29, 1.82) is 0 Å². The molecule has 2 amide bonds. The van der Waals surface area contributed by atoms with Crippen LogP contribution in [0.5, 0.6) is 0 Å². The summed E-state index contributed by atoms with van der Waals surface area (Å²) in [5.41, 5.74) is 2.74. The number of aryl methyl sites for hydroxylation is 1. The van der Waals surface area contributed by atoms with E-state index in [1.54, 1.807) is 0 Å². The minimum absolute atomic E-state index is 0.0401. The largest absolute Gasteiger partial charge is 0.342 e. The van der Waals surface area contributed by atoms with Crippen molar-refractivity contribution in [2.75, 3.05) is 19.6 Å². The fourth-order valence-electron chi connectivity index (χ4n) is 5.84. The van der Waals surface area contributed by atoms with E-state index in [2.05, 4.69) is 4.90 Å². The summed E-state index contributed by atoms with van der Waals surface area (Å²) < 4.78 is 0. The second kappa shape index (κ2) is 9.07. The van der Waals surface area contributed by atoms with E-state index < -0.39 is 0 Å². The Labute approximate surface area is 181 Å². The van der Waals surface area contributed by atoms with Gasteiger partial charge < -0.3 is 9.80 Å². The van der Waals surface area contributed by atoms with E-state index in [4.69, 9.17) is 4.98 Å².